The number of aryl methyl sites for hydroxylation is 1. The normalized spacial score (nSPS) is 16.9. The Kier molecular flexibility index (Phi) is 7.90. The van der Waals surface area contributed by atoms with Crippen molar-refractivity contribution in [2.45, 2.75) is 51.1 Å². The zero-order valence-corrected chi connectivity index (χ0v) is 21.4. The number of morpholine rings is 1. The van der Waals surface area contributed by atoms with Gasteiger partial charge in [0.05, 0.1) is 19.5 Å². The van der Waals surface area contributed by atoms with E-state index in [0.717, 1.165) is 62.0 Å². The van der Waals surface area contributed by atoms with Gasteiger partial charge in [0.2, 0.25) is 5.91 Å². The zero-order chi connectivity index (χ0) is 25.6. The third-order valence-corrected chi connectivity index (χ3v) is 7.37. The predicted molar refractivity (Wildman–Crippen MR) is 144 cm³/mol. The number of nitrogens with zero attached hydrogens (tertiary/aromatic N) is 2. The molecule has 1 atom stereocenters. The van der Waals surface area contributed by atoms with Crippen LogP contribution in [0.1, 0.15) is 60.3 Å². The van der Waals surface area contributed by atoms with Crippen LogP contribution in [-0.4, -0.2) is 44.2 Å². The van der Waals surface area contributed by atoms with Crippen molar-refractivity contribution >= 4 is 23.2 Å². The van der Waals surface area contributed by atoms with Crippen molar-refractivity contribution in [1.82, 2.24) is 5.32 Å². The molecule has 1 aromatic heterocycles. The molecule has 0 unspecified atom stereocenters. The number of hydrogen-bond acceptors (Lipinski definition) is 5. The number of amides is 2. The van der Waals surface area contributed by atoms with Crippen LogP contribution in [0, 0.1) is 0 Å². The van der Waals surface area contributed by atoms with Crippen molar-refractivity contribution in [3.63, 3.8) is 0 Å². The van der Waals surface area contributed by atoms with E-state index in [1.807, 2.05) is 48.5 Å². The first-order valence-corrected chi connectivity index (χ1v) is 13.3. The molecule has 1 aliphatic carbocycles. The SMILES string of the molecule is CCc1ccc(N(C(=O)c2ccco2)[C@@H](C(=O)NC2CCCC2)c2ccc(N3CCOCC3)cc2)cc1. The standard InChI is InChI=1S/C30H35N3O4/c1-2-22-9-13-26(14-10-22)33(30(35)27-8-5-19-37-27)28(29(34)31-24-6-3-4-7-24)23-11-15-25(16-12-23)32-17-20-36-21-18-32/h5,8-16,19,24,28H,2-4,6-7,17-18,20-21H2,1H3,(H,31,34)/t28-/m1/s1. The molecule has 2 heterocycles. The second kappa shape index (κ2) is 11.6. The summed E-state index contributed by atoms with van der Waals surface area (Å²) in [5, 5.41) is 3.24. The molecule has 3 aromatic rings. The van der Waals surface area contributed by atoms with E-state index in [1.54, 1.807) is 17.0 Å². The first-order valence-electron chi connectivity index (χ1n) is 13.3. The minimum absolute atomic E-state index is 0.130. The maximum absolute atomic E-state index is 13.9. The molecule has 2 aromatic carbocycles. The van der Waals surface area contributed by atoms with E-state index in [2.05, 4.69) is 17.1 Å². The van der Waals surface area contributed by atoms with Gasteiger partial charge < -0.3 is 19.4 Å². The first kappa shape index (κ1) is 25.1. The van der Waals surface area contributed by atoms with Crippen LogP contribution in [0.4, 0.5) is 11.4 Å². The molecule has 2 aliphatic rings. The minimum Gasteiger partial charge on any atom is -0.459 e. The number of hydrogen-bond donors (Lipinski definition) is 1. The molecule has 7 heteroatoms. The maximum Gasteiger partial charge on any atom is 0.294 e. The second-order valence-corrected chi connectivity index (χ2v) is 9.76. The third-order valence-electron chi connectivity index (χ3n) is 7.37. The lowest BCUT2D eigenvalue weighted by molar-refractivity contribution is -0.123. The lowest BCUT2D eigenvalue weighted by Crippen LogP contribution is -2.46. The van der Waals surface area contributed by atoms with Gasteiger partial charge in [-0.1, -0.05) is 44.0 Å². The van der Waals surface area contributed by atoms with Crippen LogP contribution in [0.3, 0.4) is 0 Å². The first-order chi connectivity index (χ1) is 18.1. The molecule has 0 spiro atoms. The molecule has 194 valence electrons. The van der Waals surface area contributed by atoms with E-state index < -0.39 is 6.04 Å². The Morgan fingerprint density at radius 2 is 1.70 bits per heavy atom. The van der Waals surface area contributed by atoms with Crippen molar-refractivity contribution in [3.05, 3.63) is 83.8 Å². The molecule has 1 saturated carbocycles. The Balaban J connectivity index is 1.54. The van der Waals surface area contributed by atoms with Crippen LogP contribution < -0.4 is 15.1 Å². The molecular weight excluding hydrogens is 466 g/mol. The largest absolute Gasteiger partial charge is 0.459 e. The molecule has 0 radical (unpaired) electrons. The highest BCUT2D eigenvalue weighted by Crippen LogP contribution is 2.32. The highest BCUT2D eigenvalue weighted by atomic mass is 16.5. The van der Waals surface area contributed by atoms with Gasteiger partial charge in [0.1, 0.15) is 6.04 Å². The van der Waals surface area contributed by atoms with Crippen LogP contribution in [0.15, 0.2) is 71.3 Å². The van der Waals surface area contributed by atoms with Crippen molar-refractivity contribution in [1.29, 1.82) is 0 Å². The van der Waals surface area contributed by atoms with Gasteiger partial charge in [-0.25, -0.2) is 0 Å². The van der Waals surface area contributed by atoms with E-state index in [-0.39, 0.29) is 23.6 Å². The smallest absolute Gasteiger partial charge is 0.294 e. The van der Waals surface area contributed by atoms with Gasteiger partial charge >= 0.3 is 0 Å². The van der Waals surface area contributed by atoms with Crippen LogP contribution in [-0.2, 0) is 16.0 Å². The Bertz CT molecular complexity index is 1160. The fourth-order valence-corrected chi connectivity index (χ4v) is 5.25. The summed E-state index contributed by atoms with van der Waals surface area (Å²) in [6, 6.07) is 18.5. The fraction of sp³-hybridized carbons (Fsp3) is 0.400. The average Bonchev–Trinajstić information content (AvgIpc) is 3.67. The molecule has 1 saturated heterocycles. The molecule has 0 bridgehead atoms. The highest BCUT2D eigenvalue weighted by Gasteiger charge is 2.36. The molecule has 2 amide bonds. The van der Waals surface area contributed by atoms with Crippen LogP contribution >= 0.6 is 0 Å². The van der Waals surface area contributed by atoms with Gasteiger partial charge in [0, 0.05) is 30.5 Å². The second-order valence-electron chi connectivity index (χ2n) is 9.76. The Labute approximate surface area is 218 Å². The van der Waals surface area contributed by atoms with Crippen LogP contribution in [0.2, 0.25) is 0 Å². The quantitative estimate of drug-likeness (QED) is 0.463. The van der Waals surface area contributed by atoms with Crippen LogP contribution in [0.5, 0.6) is 0 Å². The van der Waals surface area contributed by atoms with E-state index >= 15 is 0 Å². The van der Waals surface area contributed by atoms with E-state index in [9.17, 15) is 9.59 Å². The molecule has 37 heavy (non-hydrogen) atoms. The molecule has 2 fully saturated rings. The number of nitrogens with one attached hydrogen (secondary N) is 1. The number of benzene rings is 2. The summed E-state index contributed by atoms with van der Waals surface area (Å²) in [7, 11) is 0. The van der Waals surface area contributed by atoms with Crippen LogP contribution in [0.25, 0.3) is 0 Å². The van der Waals surface area contributed by atoms with Gasteiger partial charge in [0.25, 0.3) is 5.91 Å². The van der Waals surface area contributed by atoms with Gasteiger partial charge in [-0.2, -0.15) is 0 Å². The predicted octanol–water partition coefficient (Wildman–Crippen LogP) is 5.13. The van der Waals surface area contributed by atoms with E-state index in [4.69, 9.17) is 9.15 Å². The lowest BCUT2D eigenvalue weighted by Gasteiger charge is -2.33. The van der Waals surface area contributed by atoms with Gasteiger partial charge in [-0.05, 0) is 66.8 Å². The number of anilines is 2. The zero-order valence-electron chi connectivity index (χ0n) is 21.4. The summed E-state index contributed by atoms with van der Waals surface area (Å²) >= 11 is 0. The summed E-state index contributed by atoms with van der Waals surface area (Å²) in [5.74, 6) is -0.327. The minimum atomic E-state index is -0.843. The monoisotopic (exact) mass is 501 g/mol. The maximum atomic E-state index is 13.9. The summed E-state index contributed by atoms with van der Waals surface area (Å²) < 4.78 is 11.0. The molecule has 1 N–H and O–H groups in total. The van der Waals surface area contributed by atoms with Gasteiger partial charge in [-0.15, -0.1) is 0 Å². The molecule has 5 rings (SSSR count). The Hall–Kier alpha value is -3.58. The van der Waals surface area contributed by atoms with E-state index in [1.165, 1.54) is 6.26 Å². The third kappa shape index (κ3) is 5.72. The number of ether oxygens (including phenoxy) is 1. The Morgan fingerprint density at radius 1 is 1.00 bits per heavy atom. The summed E-state index contributed by atoms with van der Waals surface area (Å²) in [5.41, 5.74) is 3.66. The lowest BCUT2D eigenvalue weighted by atomic mass is 10.0. The highest BCUT2D eigenvalue weighted by molar-refractivity contribution is 6.08. The topological polar surface area (TPSA) is 75.0 Å². The average molecular weight is 502 g/mol. The summed E-state index contributed by atoms with van der Waals surface area (Å²) in [4.78, 5) is 31.6. The molecule has 7 nitrogen and oxygen atoms in total. The number of furan rings is 1. The summed E-state index contributed by atoms with van der Waals surface area (Å²) in [6.07, 6.45) is 6.52. The van der Waals surface area contributed by atoms with Crippen molar-refractivity contribution in [2.75, 3.05) is 36.1 Å². The van der Waals surface area contributed by atoms with Gasteiger partial charge in [-0.3, -0.25) is 14.5 Å². The molecular formula is C30H35N3O4. The van der Waals surface area contributed by atoms with Crippen molar-refractivity contribution in [3.8, 4) is 0 Å². The number of carbonyl (C=O) groups excluding carboxylic acids is 2. The van der Waals surface area contributed by atoms with Crippen molar-refractivity contribution < 1.29 is 18.7 Å². The number of carbonyl (C=O) groups is 2. The Morgan fingerprint density at radius 3 is 2.32 bits per heavy atom. The van der Waals surface area contributed by atoms with Gasteiger partial charge in [0.15, 0.2) is 5.76 Å². The van der Waals surface area contributed by atoms with E-state index in [0.29, 0.717) is 18.9 Å². The molecule has 1 aliphatic heterocycles. The fourth-order valence-electron chi connectivity index (χ4n) is 5.25. The number of rotatable bonds is 8. The summed E-state index contributed by atoms with van der Waals surface area (Å²) in [6.45, 7) is 5.16. The van der Waals surface area contributed by atoms with Crippen molar-refractivity contribution in [2.24, 2.45) is 0 Å².